The van der Waals surface area contributed by atoms with Gasteiger partial charge in [0.2, 0.25) is 0 Å². The van der Waals surface area contributed by atoms with Crippen molar-refractivity contribution in [3.63, 3.8) is 0 Å². The van der Waals surface area contributed by atoms with E-state index in [0.29, 0.717) is 10.4 Å². The maximum atomic E-state index is 12.2. The number of fused-ring (bicyclic) bond motifs is 1. The quantitative estimate of drug-likeness (QED) is 0.832. The van der Waals surface area contributed by atoms with E-state index >= 15 is 0 Å². The highest BCUT2D eigenvalue weighted by molar-refractivity contribution is 7.14. The summed E-state index contributed by atoms with van der Waals surface area (Å²) < 4.78 is 0. The summed E-state index contributed by atoms with van der Waals surface area (Å²) in [5.74, 6) is -0.639. The fourth-order valence-corrected chi connectivity index (χ4v) is 3.85. The molecular formula is C17H19N3O2S. The highest BCUT2D eigenvalue weighted by Gasteiger charge is 2.16. The van der Waals surface area contributed by atoms with E-state index in [1.807, 2.05) is 6.07 Å². The smallest absolute Gasteiger partial charge is 0.267 e. The zero-order valence-electron chi connectivity index (χ0n) is 12.8. The molecule has 0 fully saturated rings. The van der Waals surface area contributed by atoms with Crippen LogP contribution in [-0.2, 0) is 12.8 Å². The van der Waals surface area contributed by atoms with Crippen LogP contribution in [-0.4, -0.2) is 16.8 Å². The Labute approximate surface area is 139 Å². The molecule has 2 N–H and O–H groups in total. The fraction of sp³-hybridized carbons (Fsp3) is 0.353. The van der Waals surface area contributed by atoms with Crippen LogP contribution in [0.5, 0.6) is 0 Å². The van der Waals surface area contributed by atoms with Crippen molar-refractivity contribution >= 4 is 23.2 Å². The average molecular weight is 329 g/mol. The van der Waals surface area contributed by atoms with Crippen LogP contribution in [0.4, 0.5) is 0 Å². The largest absolute Gasteiger partial charge is 0.279 e. The van der Waals surface area contributed by atoms with Crippen LogP contribution in [0.1, 0.15) is 56.2 Å². The number of hydrogen-bond donors (Lipinski definition) is 2. The summed E-state index contributed by atoms with van der Waals surface area (Å²) in [6, 6.07) is 5.29. The molecule has 6 heteroatoms. The number of pyridine rings is 1. The van der Waals surface area contributed by atoms with E-state index < -0.39 is 0 Å². The number of thiophene rings is 1. The van der Waals surface area contributed by atoms with Gasteiger partial charge in [0, 0.05) is 17.3 Å². The van der Waals surface area contributed by atoms with Gasteiger partial charge in [0.25, 0.3) is 11.8 Å². The van der Waals surface area contributed by atoms with Crippen molar-refractivity contribution in [1.82, 2.24) is 15.8 Å². The first-order valence-corrected chi connectivity index (χ1v) is 8.68. The van der Waals surface area contributed by atoms with E-state index in [2.05, 4.69) is 15.8 Å². The summed E-state index contributed by atoms with van der Waals surface area (Å²) in [6.07, 6.45) is 10.0. The van der Waals surface area contributed by atoms with Crippen molar-refractivity contribution in [3.05, 3.63) is 51.5 Å². The van der Waals surface area contributed by atoms with Gasteiger partial charge < -0.3 is 0 Å². The van der Waals surface area contributed by atoms with Gasteiger partial charge in [0.1, 0.15) is 0 Å². The number of carbonyl (C=O) groups is 2. The molecule has 2 aromatic heterocycles. The lowest BCUT2D eigenvalue weighted by atomic mass is 10.00. The van der Waals surface area contributed by atoms with Crippen LogP contribution < -0.4 is 10.9 Å². The summed E-state index contributed by atoms with van der Waals surface area (Å²) in [6.45, 7) is 0. The van der Waals surface area contributed by atoms with Gasteiger partial charge in [-0.2, -0.15) is 0 Å². The normalized spacial score (nSPS) is 14.3. The minimum Gasteiger partial charge on any atom is -0.267 e. The first kappa shape index (κ1) is 15.7. The first-order chi connectivity index (χ1) is 11.2. The van der Waals surface area contributed by atoms with Crippen LogP contribution in [0, 0.1) is 0 Å². The van der Waals surface area contributed by atoms with E-state index in [1.54, 1.807) is 18.3 Å². The van der Waals surface area contributed by atoms with Gasteiger partial charge in [0.05, 0.1) is 10.4 Å². The van der Waals surface area contributed by atoms with E-state index in [1.165, 1.54) is 53.7 Å². The number of amides is 2. The van der Waals surface area contributed by atoms with Crippen LogP contribution in [0.15, 0.2) is 30.6 Å². The molecule has 2 amide bonds. The molecule has 0 saturated heterocycles. The molecule has 23 heavy (non-hydrogen) atoms. The molecule has 0 aromatic carbocycles. The lowest BCUT2D eigenvalue weighted by Crippen LogP contribution is -2.41. The second kappa shape index (κ2) is 7.37. The van der Waals surface area contributed by atoms with Crippen LogP contribution >= 0.6 is 11.3 Å². The summed E-state index contributed by atoms with van der Waals surface area (Å²) in [7, 11) is 0. The lowest BCUT2D eigenvalue weighted by Gasteiger charge is -2.07. The van der Waals surface area contributed by atoms with Gasteiger partial charge in [-0.15, -0.1) is 11.3 Å². The molecule has 2 aromatic rings. The monoisotopic (exact) mass is 329 g/mol. The van der Waals surface area contributed by atoms with Gasteiger partial charge in [-0.05, 0) is 49.4 Å². The van der Waals surface area contributed by atoms with E-state index in [4.69, 9.17) is 0 Å². The maximum Gasteiger partial charge on any atom is 0.279 e. The number of aryl methyl sites for hydroxylation is 2. The zero-order valence-corrected chi connectivity index (χ0v) is 13.6. The average Bonchev–Trinajstić information content (AvgIpc) is 2.95. The molecule has 3 rings (SSSR count). The van der Waals surface area contributed by atoms with Crippen molar-refractivity contribution in [1.29, 1.82) is 0 Å². The first-order valence-electron chi connectivity index (χ1n) is 7.86. The van der Waals surface area contributed by atoms with E-state index in [0.717, 1.165) is 12.8 Å². The Morgan fingerprint density at radius 3 is 2.61 bits per heavy atom. The summed E-state index contributed by atoms with van der Waals surface area (Å²) in [5.41, 5.74) is 6.61. The molecule has 0 bridgehead atoms. The van der Waals surface area contributed by atoms with Crippen LogP contribution in [0.2, 0.25) is 0 Å². The van der Waals surface area contributed by atoms with Crippen molar-refractivity contribution in [2.24, 2.45) is 0 Å². The Hall–Kier alpha value is -2.21. The van der Waals surface area contributed by atoms with Crippen molar-refractivity contribution in [2.45, 2.75) is 38.5 Å². The Morgan fingerprint density at radius 1 is 1.04 bits per heavy atom. The third-order valence-electron chi connectivity index (χ3n) is 3.93. The molecule has 0 radical (unpaired) electrons. The van der Waals surface area contributed by atoms with Gasteiger partial charge >= 0.3 is 0 Å². The molecule has 0 saturated carbocycles. The fourth-order valence-electron chi connectivity index (χ4n) is 2.70. The van der Waals surface area contributed by atoms with Crippen molar-refractivity contribution in [2.75, 3.05) is 0 Å². The molecule has 0 spiro atoms. The minimum absolute atomic E-state index is 0.265. The highest BCUT2D eigenvalue weighted by atomic mass is 32.1. The number of hydrazine groups is 1. The van der Waals surface area contributed by atoms with Gasteiger partial charge in [0.15, 0.2) is 0 Å². The molecule has 0 unspecified atom stereocenters. The third kappa shape index (κ3) is 3.96. The molecule has 0 aliphatic heterocycles. The third-order valence-corrected chi connectivity index (χ3v) is 5.17. The number of nitrogens with zero attached hydrogens (tertiary/aromatic N) is 1. The van der Waals surface area contributed by atoms with Crippen LogP contribution in [0.25, 0.3) is 0 Å². The summed E-state index contributed by atoms with van der Waals surface area (Å²) >= 11 is 1.54. The van der Waals surface area contributed by atoms with Crippen LogP contribution in [0.3, 0.4) is 0 Å². The number of aromatic nitrogens is 1. The SMILES string of the molecule is O=C(NNC(=O)c1cc2c(s1)CCCCCC2)c1cccnc1. The molecule has 5 nitrogen and oxygen atoms in total. The molecule has 0 atom stereocenters. The molecule has 2 heterocycles. The maximum absolute atomic E-state index is 12.2. The predicted molar refractivity (Wildman–Crippen MR) is 89.4 cm³/mol. The van der Waals surface area contributed by atoms with Crippen molar-refractivity contribution in [3.8, 4) is 0 Å². The summed E-state index contributed by atoms with van der Waals surface area (Å²) in [4.78, 5) is 30.0. The molecule has 1 aliphatic carbocycles. The van der Waals surface area contributed by atoms with E-state index in [9.17, 15) is 9.59 Å². The number of carbonyl (C=O) groups excluding carboxylic acids is 2. The topological polar surface area (TPSA) is 71.1 Å². The van der Waals surface area contributed by atoms with Crippen molar-refractivity contribution < 1.29 is 9.59 Å². The second-order valence-corrected chi connectivity index (χ2v) is 6.76. The molecule has 1 aliphatic rings. The molecular weight excluding hydrogens is 310 g/mol. The summed E-state index contributed by atoms with van der Waals surface area (Å²) in [5, 5.41) is 0. The van der Waals surface area contributed by atoms with Gasteiger partial charge in [-0.3, -0.25) is 25.4 Å². The standard InChI is InChI=1S/C17H19N3O2S/c21-16(13-7-5-9-18-11-13)19-20-17(22)15-10-12-6-3-1-2-4-8-14(12)23-15/h5,7,9-11H,1-4,6,8H2,(H,19,21)(H,20,22). The number of hydrogen-bond acceptors (Lipinski definition) is 4. The Morgan fingerprint density at radius 2 is 1.83 bits per heavy atom. The second-order valence-electron chi connectivity index (χ2n) is 5.62. The number of nitrogens with one attached hydrogen (secondary N) is 2. The lowest BCUT2D eigenvalue weighted by molar-refractivity contribution is 0.0848. The van der Waals surface area contributed by atoms with Gasteiger partial charge in [-0.1, -0.05) is 12.8 Å². The predicted octanol–water partition coefficient (Wildman–Crippen LogP) is 2.88. The van der Waals surface area contributed by atoms with E-state index in [-0.39, 0.29) is 11.8 Å². The Balaban J connectivity index is 1.62. The number of rotatable bonds is 2. The minimum atomic E-state index is -0.374. The Bertz CT molecular complexity index is 672. The highest BCUT2D eigenvalue weighted by Crippen LogP contribution is 2.28. The van der Waals surface area contributed by atoms with Gasteiger partial charge in [-0.25, -0.2) is 0 Å². The zero-order chi connectivity index (χ0) is 16.1. The Kier molecular flexibility index (Phi) is 5.02. The molecule has 120 valence electrons.